The largest absolute Gasteiger partial charge is 0.478 e. The first-order valence-corrected chi connectivity index (χ1v) is 6.46. The Kier molecular flexibility index (Phi) is 5.02. The number of hydrogen-bond acceptors (Lipinski definition) is 3. The van der Waals surface area contributed by atoms with Gasteiger partial charge in [0.15, 0.2) is 0 Å². The lowest BCUT2D eigenvalue weighted by Crippen LogP contribution is -2.45. The van der Waals surface area contributed by atoms with Gasteiger partial charge in [-0.1, -0.05) is 0 Å². The molecule has 0 fully saturated rings. The molecule has 1 aromatic carbocycles. The van der Waals surface area contributed by atoms with Crippen LogP contribution in [0.25, 0.3) is 0 Å². The Morgan fingerprint density at radius 2 is 1.30 bits per heavy atom. The van der Waals surface area contributed by atoms with Crippen LogP contribution in [0, 0.1) is 0 Å². The molecular formula is C15H19NO4. The second kappa shape index (κ2) is 6.32. The van der Waals surface area contributed by atoms with Crippen LogP contribution in [0.4, 0.5) is 0 Å². The molecule has 108 valence electrons. The summed E-state index contributed by atoms with van der Waals surface area (Å²) in [4.78, 5) is 36.6. The van der Waals surface area contributed by atoms with Crippen LogP contribution < -0.4 is 0 Å². The van der Waals surface area contributed by atoms with Crippen LogP contribution >= 0.6 is 0 Å². The van der Waals surface area contributed by atoms with Gasteiger partial charge >= 0.3 is 5.97 Å². The molecule has 0 aliphatic rings. The molecule has 0 atom stereocenters. The van der Waals surface area contributed by atoms with Gasteiger partial charge in [-0.3, -0.25) is 9.59 Å². The van der Waals surface area contributed by atoms with Gasteiger partial charge in [-0.25, -0.2) is 4.79 Å². The summed E-state index contributed by atoms with van der Waals surface area (Å²) < 4.78 is 0. The van der Waals surface area contributed by atoms with Crippen molar-refractivity contribution < 1.29 is 19.5 Å². The Balaban J connectivity index is 2.99. The predicted molar refractivity (Wildman–Crippen MR) is 74.8 cm³/mol. The number of carbonyl (C=O) groups is 3. The molecule has 5 nitrogen and oxygen atoms in total. The zero-order valence-electron chi connectivity index (χ0n) is 12.1. The zero-order chi connectivity index (χ0) is 15.4. The molecule has 1 amide bonds. The number of carboxylic acid groups (broad SMARTS) is 1. The molecule has 0 heterocycles. The number of hydrogen-bond donors (Lipinski definition) is 1. The van der Waals surface area contributed by atoms with Crippen molar-refractivity contribution in [3.63, 3.8) is 0 Å². The minimum absolute atomic E-state index is 0.0789. The third kappa shape index (κ3) is 3.44. The third-order valence-electron chi connectivity index (χ3n) is 2.94. The molecule has 0 aliphatic heterocycles. The fourth-order valence-corrected chi connectivity index (χ4v) is 2.07. The minimum atomic E-state index is -1.07. The van der Waals surface area contributed by atoms with Gasteiger partial charge in [-0.15, -0.1) is 0 Å². The van der Waals surface area contributed by atoms with Gasteiger partial charge in [0.05, 0.1) is 5.56 Å². The maximum Gasteiger partial charge on any atom is 0.335 e. The van der Waals surface area contributed by atoms with Crippen LogP contribution in [-0.2, 0) is 4.79 Å². The van der Waals surface area contributed by atoms with Crippen molar-refractivity contribution in [2.45, 2.75) is 39.8 Å². The van der Waals surface area contributed by atoms with Gasteiger partial charge in [0, 0.05) is 17.6 Å². The standard InChI is InChI=1S/C15H19NO4/c1-9(2)16(10(3)4)14(18)13(17)11-5-7-12(8-6-11)15(19)20/h5-10H,1-4H3,(H,19,20). The highest BCUT2D eigenvalue weighted by atomic mass is 16.4. The molecule has 5 heteroatoms. The summed E-state index contributed by atoms with van der Waals surface area (Å²) in [6, 6.07) is 5.20. The number of carboxylic acids is 1. The Labute approximate surface area is 118 Å². The number of nitrogens with zero attached hydrogens (tertiary/aromatic N) is 1. The van der Waals surface area contributed by atoms with E-state index in [2.05, 4.69) is 0 Å². The van der Waals surface area contributed by atoms with Crippen LogP contribution in [0.2, 0.25) is 0 Å². The molecule has 0 saturated heterocycles. The average Bonchev–Trinajstić information content (AvgIpc) is 2.37. The molecule has 1 aromatic rings. The van der Waals surface area contributed by atoms with Crippen LogP contribution in [0.5, 0.6) is 0 Å². The summed E-state index contributed by atoms with van der Waals surface area (Å²) in [5.41, 5.74) is 0.282. The average molecular weight is 277 g/mol. The van der Waals surface area contributed by atoms with Crippen molar-refractivity contribution in [1.82, 2.24) is 4.90 Å². The summed E-state index contributed by atoms with van der Waals surface area (Å²) in [5, 5.41) is 8.80. The fraction of sp³-hybridized carbons (Fsp3) is 0.400. The number of ketones is 1. The zero-order valence-corrected chi connectivity index (χ0v) is 12.1. The molecule has 1 rings (SSSR count). The van der Waals surface area contributed by atoms with Gasteiger partial charge < -0.3 is 10.0 Å². The van der Waals surface area contributed by atoms with E-state index in [1.54, 1.807) is 0 Å². The maximum absolute atomic E-state index is 12.2. The molecule has 0 radical (unpaired) electrons. The van der Waals surface area contributed by atoms with Crippen molar-refractivity contribution in [3.05, 3.63) is 35.4 Å². The van der Waals surface area contributed by atoms with Crippen LogP contribution in [0.1, 0.15) is 48.4 Å². The van der Waals surface area contributed by atoms with Crippen molar-refractivity contribution in [3.8, 4) is 0 Å². The van der Waals surface area contributed by atoms with E-state index in [0.29, 0.717) is 0 Å². The first-order valence-electron chi connectivity index (χ1n) is 6.46. The van der Waals surface area contributed by atoms with Crippen molar-refractivity contribution in [2.24, 2.45) is 0 Å². The summed E-state index contributed by atoms with van der Waals surface area (Å²) in [5.74, 6) is -2.26. The van der Waals surface area contributed by atoms with Crippen molar-refractivity contribution >= 4 is 17.7 Å². The second-order valence-electron chi connectivity index (χ2n) is 5.11. The smallest absolute Gasteiger partial charge is 0.335 e. The summed E-state index contributed by atoms with van der Waals surface area (Å²) >= 11 is 0. The minimum Gasteiger partial charge on any atom is -0.478 e. The van der Waals surface area contributed by atoms with Gasteiger partial charge in [-0.2, -0.15) is 0 Å². The molecule has 20 heavy (non-hydrogen) atoms. The first kappa shape index (κ1) is 15.9. The summed E-state index contributed by atoms with van der Waals surface area (Å²) in [7, 11) is 0. The number of Topliss-reactive ketones (excluding diaryl/α,β-unsaturated/α-hetero) is 1. The second-order valence-corrected chi connectivity index (χ2v) is 5.11. The lowest BCUT2D eigenvalue weighted by molar-refractivity contribution is -0.129. The van der Waals surface area contributed by atoms with E-state index < -0.39 is 17.7 Å². The third-order valence-corrected chi connectivity index (χ3v) is 2.94. The van der Waals surface area contributed by atoms with Crippen molar-refractivity contribution in [2.75, 3.05) is 0 Å². The normalized spacial score (nSPS) is 10.7. The Morgan fingerprint density at radius 1 is 0.900 bits per heavy atom. The fourth-order valence-electron chi connectivity index (χ4n) is 2.07. The van der Waals surface area contributed by atoms with Crippen LogP contribution in [0.3, 0.4) is 0 Å². The highest BCUT2D eigenvalue weighted by Crippen LogP contribution is 2.11. The first-order chi connectivity index (χ1) is 9.25. The van der Waals surface area contributed by atoms with Gasteiger partial charge in [0.1, 0.15) is 0 Å². The molecule has 0 spiro atoms. The highest BCUT2D eigenvalue weighted by molar-refractivity contribution is 6.42. The van der Waals surface area contributed by atoms with Gasteiger partial charge in [0.25, 0.3) is 5.91 Å². The predicted octanol–water partition coefficient (Wildman–Crippen LogP) is 2.21. The maximum atomic E-state index is 12.2. The van der Waals surface area contributed by atoms with E-state index in [9.17, 15) is 14.4 Å². The van der Waals surface area contributed by atoms with E-state index in [0.717, 1.165) is 0 Å². The SMILES string of the molecule is CC(C)N(C(=O)C(=O)c1ccc(C(=O)O)cc1)C(C)C. The van der Waals surface area contributed by atoms with E-state index in [1.807, 2.05) is 27.7 Å². The highest BCUT2D eigenvalue weighted by Gasteiger charge is 2.27. The van der Waals surface area contributed by atoms with Crippen LogP contribution in [-0.4, -0.2) is 39.7 Å². The van der Waals surface area contributed by atoms with E-state index in [-0.39, 0.29) is 23.2 Å². The van der Waals surface area contributed by atoms with E-state index in [1.165, 1.54) is 29.2 Å². The number of aromatic carboxylic acids is 1. The number of rotatable bonds is 5. The Bertz CT molecular complexity index is 509. The van der Waals surface area contributed by atoms with Gasteiger partial charge in [-0.05, 0) is 52.0 Å². The topological polar surface area (TPSA) is 74.7 Å². The lowest BCUT2D eigenvalue weighted by Gasteiger charge is -2.30. The monoisotopic (exact) mass is 277 g/mol. The molecular weight excluding hydrogens is 258 g/mol. The van der Waals surface area contributed by atoms with E-state index >= 15 is 0 Å². The van der Waals surface area contributed by atoms with Crippen molar-refractivity contribution in [1.29, 1.82) is 0 Å². The van der Waals surface area contributed by atoms with E-state index in [4.69, 9.17) is 5.11 Å². The van der Waals surface area contributed by atoms with Crippen LogP contribution in [0.15, 0.2) is 24.3 Å². The molecule has 0 unspecified atom stereocenters. The number of benzene rings is 1. The Hall–Kier alpha value is -2.17. The molecule has 0 saturated carbocycles. The Morgan fingerprint density at radius 3 is 1.65 bits per heavy atom. The molecule has 0 aliphatic carbocycles. The number of amides is 1. The molecule has 1 N–H and O–H groups in total. The molecule has 0 bridgehead atoms. The quantitative estimate of drug-likeness (QED) is 0.661. The van der Waals surface area contributed by atoms with Gasteiger partial charge in [0.2, 0.25) is 5.78 Å². The summed E-state index contributed by atoms with van der Waals surface area (Å²) in [6.45, 7) is 7.38. The lowest BCUT2D eigenvalue weighted by atomic mass is 10.1. The number of carbonyl (C=O) groups excluding carboxylic acids is 2. The summed E-state index contributed by atoms with van der Waals surface area (Å²) in [6.07, 6.45) is 0. The molecule has 0 aromatic heterocycles.